The number of halogens is 1. The van der Waals surface area contributed by atoms with Gasteiger partial charge in [-0.25, -0.2) is 0 Å². The van der Waals surface area contributed by atoms with Crippen molar-refractivity contribution < 1.29 is 4.79 Å². The van der Waals surface area contributed by atoms with Crippen molar-refractivity contribution in [1.82, 2.24) is 5.32 Å². The third kappa shape index (κ3) is 2.51. The molecule has 2 rings (SSSR count). The lowest BCUT2D eigenvalue weighted by molar-refractivity contribution is -0.120. The van der Waals surface area contributed by atoms with Gasteiger partial charge in [0, 0.05) is 6.54 Å². The van der Waals surface area contributed by atoms with Crippen LogP contribution in [0.25, 0.3) is 0 Å². The van der Waals surface area contributed by atoms with Crippen LogP contribution in [0.3, 0.4) is 0 Å². The van der Waals surface area contributed by atoms with Crippen molar-refractivity contribution >= 4 is 17.5 Å². The van der Waals surface area contributed by atoms with E-state index in [1.807, 2.05) is 30.3 Å². The van der Waals surface area contributed by atoms with Crippen LogP contribution in [0.5, 0.6) is 0 Å². The topological polar surface area (TPSA) is 29.1 Å². The summed E-state index contributed by atoms with van der Waals surface area (Å²) in [6, 6.07) is 9.46. The summed E-state index contributed by atoms with van der Waals surface area (Å²) in [4.78, 5) is 12.1. The van der Waals surface area contributed by atoms with Crippen molar-refractivity contribution in [2.75, 3.05) is 6.54 Å². The van der Waals surface area contributed by atoms with Gasteiger partial charge in [0.25, 0.3) is 0 Å². The van der Waals surface area contributed by atoms with Gasteiger partial charge in [-0.1, -0.05) is 58.0 Å². The number of alkyl halides is 1. The maximum absolute atomic E-state index is 12.1. The molecule has 19 heavy (non-hydrogen) atoms. The van der Waals surface area contributed by atoms with Crippen molar-refractivity contribution in [3.05, 3.63) is 35.9 Å². The van der Waals surface area contributed by atoms with Gasteiger partial charge >= 0.3 is 0 Å². The van der Waals surface area contributed by atoms with Gasteiger partial charge in [0.1, 0.15) is 5.38 Å². The molecule has 0 bridgehead atoms. The van der Waals surface area contributed by atoms with Crippen LogP contribution in [-0.4, -0.2) is 12.5 Å². The lowest BCUT2D eigenvalue weighted by Crippen LogP contribution is -2.30. The van der Waals surface area contributed by atoms with Crippen LogP contribution in [-0.2, 0) is 4.79 Å². The highest BCUT2D eigenvalue weighted by molar-refractivity contribution is 6.30. The number of amides is 1. The number of hydrogen-bond acceptors (Lipinski definition) is 1. The van der Waals surface area contributed by atoms with Crippen LogP contribution in [0.15, 0.2) is 30.3 Å². The second-order valence-electron chi connectivity index (χ2n) is 6.51. The molecular formula is C16H22ClNO. The SMILES string of the molecule is CC1(C)C(CNC(=O)C(Cl)c2ccccc2)C1(C)C. The molecule has 104 valence electrons. The Hall–Kier alpha value is -1.02. The number of benzene rings is 1. The number of rotatable bonds is 4. The average Bonchev–Trinajstić information content (AvgIpc) is 2.77. The molecule has 1 atom stereocenters. The van der Waals surface area contributed by atoms with E-state index in [1.165, 1.54) is 0 Å². The fourth-order valence-electron chi connectivity index (χ4n) is 2.91. The van der Waals surface area contributed by atoms with Gasteiger partial charge in [-0.2, -0.15) is 0 Å². The van der Waals surface area contributed by atoms with Crippen molar-refractivity contribution in [3.63, 3.8) is 0 Å². The smallest absolute Gasteiger partial charge is 0.242 e. The molecule has 3 heteroatoms. The molecule has 0 aliphatic heterocycles. The summed E-state index contributed by atoms with van der Waals surface area (Å²) in [7, 11) is 0. The number of carbonyl (C=O) groups is 1. The number of nitrogens with one attached hydrogen (secondary N) is 1. The minimum atomic E-state index is -0.605. The minimum Gasteiger partial charge on any atom is -0.354 e. The maximum Gasteiger partial charge on any atom is 0.242 e. The van der Waals surface area contributed by atoms with E-state index >= 15 is 0 Å². The Kier molecular flexibility index (Phi) is 3.65. The van der Waals surface area contributed by atoms with Gasteiger partial charge in [0.05, 0.1) is 0 Å². The molecule has 1 aromatic carbocycles. The molecule has 1 N–H and O–H groups in total. The summed E-state index contributed by atoms with van der Waals surface area (Å²) >= 11 is 6.19. The Balaban J connectivity index is 1.90. The Morgan fingerprint density at radius 1 is 1.21 bits per heavy atom. The van der Waals surface area contributed by atoms with Gasteiger partial charge < -0.3 is 5.32 Å². The molecule has 1 saturated carbocycles. The van der Waals surface area contributed by atoms with E-state index in [1.54, 1.807) is 0 Å². The summed E-state index contributed by atoms with van der Waals surface area (Å²) in [6.45, 7) is 9.70. The zero-order chi connectivity index (χ0) is 14.3. The largest absolute Gasteiger partial charge is 0.354 e. The van der Waals surface area contributed by atoms with Crippen molar-refractivity contribution in [2.45, 2.75) is 33.1 Å². The summed E-state index contributed by atoms with van der Waals surface area (Å²) in [5.41, 5.74) is 1.42. The predicted octanol–water partition coefficient (Wildman–Crippen LogP) is 3.76. The quantitative estimate of drug-likeness (QED) is 0.836. The van der Waals surface area contributed by atoms with Gasteiger partial charge in [0.15, 0.2) is 0 Å². The number of carbonyl (C=O) groups excluding carboxylic acids is 1. The molecule has 0 radical (unpaired) electrons. The average molecular weight is 280 g/mol. The lowest BCUT2D eigenvalue weighted by Gasteiger charge is -2.11. The molecule has 1 aliphatic rings. The highest BCUT2D eigenvalue weighted by Gasteiger charge is 2.64. The summed E-state index contributed by atoms with van der Waals surface area (Å²) in [5, 5.41) is 2.38. The van der Waals surface area contributed by atoms with Gasteiger partial charge in [0.2, 0.25) is 5.91 Å². The van der Waals surface area contributed by atoms with Crippen LogP contribution in [0.4, 0.5) is 0 Å². The highest BCUT2D eigenvalue weighted by atomic mass is 35.5. The molecule has 1 aromatic rings. The molecule has 1 fully saturated rings. The Morgan fingerprint density at radius 2 is 1.74 bits per heavy atom. The first-order valence-electron chi connectivity index (χ1n) is 6.75. The second-order valence-corrected chi connectivity index (χ2v) is 6.95. The molecule has 1 amide bonds. The standard InChI is InChI=1S/C16H22ClNO/c1-15(2)12(16(15,3)4)10-18-14(19)13(17)11-8-6-5-7-9-11/h5-9,12-13H,10H2,1-4H3,(H,18,19). The molecule has 2 nitrogen and oxygen atoms in total. The number of hydrogen-bond donors (Lipinski definition) is 1. The first-order valence-corrected chi connectivity index (χ1v) is 7.19. The molecular weight excluding hydrogens is 258 g/mol. The maximum atomic E-state index is 12.1. The van der Waals surface area contributed by atoms with Crippen molar-refractivity contribution in [1.29, 1.82) is 0 Å². The van der Waals surface area contributed by atoms with E-state index in [4.69, 9.17) is 11.6 Å². The minimum absolute atomic E-state index is 0.105. The van der Waals surface area contributed by atoms with Gasteiger partial charge in [-0.05, 0) is 22.3 Å². The summed E-state index contributed by atoms with van der Waals surface area (Å²) in [5.74, 6) is 0.412. The zero-order valence-corrected chi connectivity index (χ0v) is 12.8. The highest BCUT2D eigenvalue weighted by Crippen LogP contribution is 2.67. The zero-order valence-electron chi connectivity index (χ0n) is 12.0. The summed E-state index contributed by atoms with van der Waals surface area (Å²) in [6.07, 6.45) is 0. The molecule has 1 aliphatic carbocycles. The third-order valence-electron chi connectivity index (χ3n) is 5.12. The van der Waals surface area contributed by atoms with Gasteiger partial charge in [-0.3, -0.25) is 4.79 Å². The fourth-order valence-corrected chi connectivity index (χ4v) is 3.13. The normalized spacial score (nSPS) is 21.7. The van der Waals surface area contributed by atoms with E-state index < -0.39 is 5.38 Å². The second kappa shape index (κ2) is 4.82. The van der Waals surface area contributed by atoms with Crippen LogP contribution < -0.4 is 5.32 Å². The molecule has 0 spiro atoms. The monoisotopic (exact) mass is 279 g/mol. The van der Waals surface area contributed by atoms with E-state index in [-0.39, 0.29) is 16.7 Å². The molecule has 0 aromatic heterocycles. The molecule has 0 saturated heterocycles. The first-order chi connectivity index (χ1) is 8.78. The fraction of sp³-hybridized carbons (Fsp3) is 0.562. The van der Waals surface area contributed by atoms with Crippen LogP contribution in [0.1, 0.15) is 38.6 Å². The van der Waals surface area contributed by atoms with E-state index in [9.17, 15) is 4.79 Å². The lowest BCUT2D eigenvalue weighted by atomic mass is 10.0. The van der Waals surface area contributed by atoms with Crippen molar-refractivity contribution in [3.8, 4) is 0 Å². The first kappa shape index (κ1) is 14.4. The Bertz CT molecular complexity index is 453. The Labute approximate surface area is 120 Å². The molecule has 0 heterocycles. The van der Waals surface area contributed by atoms with Crippen molar-refractivity contribution in [2.24, 2.45) is 16.7 Å². The van der Waals surface area contributed by atoms with Crippen LogP contribution in [0, 0.1) is 16.7 Å². The molecule has 1 unspecified atom stereocenters. The van der Waals surface area contributed by atoms with Crippen LogP contribution >= 0.6 is 11.6 Å². The third-order valence-corrected chi connectivity index (χ3v) is 5.57. The van der Waals surface area contributed by atoms with Crippen LogP contribution in [0.2, 0.25) is 0 Å². The van der Waals surface area contributed by atoms with Gasteiger partial charge in [-0.15, -0.1) is 11.6 Å². The van der Waals surface area contributed by atoms with E-state index in [0.717, 1.165) is 5.56 Å². The van der Waals surface area contributed by atoms with E-state index in [0.29, 0.717) is 12.5 Å². The van der Waals surface area contributed by atoms with E-state index in [2.05, 4.69) is 33.0 Å². The predicted molar refractivity (Wildman–Crippen MR) is 79.1 cm³/mol. The summed E-state index contributed by atoms with van der Waals surface area (Å²) < 4.78 is 0. The Morgan fingerprint density at radius 3 is 2.21 bits per heavy atom.